The summed E-state index contributed by atoms with van der Waals surface area (Å²) in [6, 6.07) is 5.09. The van der Waals surface area contributed by atoms with E-state index in [4.69, 9.17) is 0 Å². The molecule has 1 nitrogen and oxygen atoms in total. The van der Waals surface area contributed by atoms with Gasteiger partial charge >= 0.3 is 0 Å². The largest absolute Gasteiger partial charge is 0.309 e. The predicted molar refractivity (Wildman–Crippen MR) is 61.0 cm³/mol. The fourth-order valence-corrected chi connectivity index (χ4v) is 1.73. The minimum Gasteiger partial charge on any atom is -0.309 e. The van der Waals surface area contributed by atoms with Crippen molar-refractivity contribution in [1.82, 2.24) is 4.90 Å². The van der Waals surface area contributed by atoms with Gasteiger partial charge in [-0.3, -0.25) is 0 Å². The molecule has 1 rings (SSSR count). The van der Waals surface area contributed by atoms with Crippen molar-refractivity contribution in [3.05, 3.63) is 34.1 Å². The fraction of sp³-hybridized carbons (Fsp3) is 0.455. The van der Waals surface area contributed by atoms with Crippen molar-refractivity contribution in [3.63, 3.8) is 0 Å². The van der Waals surface area contributed by atoms with E-state index in [0.29, 0.717) is 0 Å². The molecule has 0 unspecified atom stereocenters. The summed E-state index contributed by atoms with van der Waals surface area (Å²) in [5.74, 6) is -0.105. The van der Waals surface area contributed by atoms with Crippen LogP contribution in [0, 0.1) is 5.82 Å². The Kier molecular flexibility index (Phi) is 4.55. The van der Waals surface area contributed by atoms with Gasteiger partial charge in [-0.05, 0) is 57.2 Å². The molecule has 78 valence electrons. The number of hydrogen-bond donors (Lipinski definition) is 0. The molecule has 0 saturated heterocycles. The van der Waals surface area contributed by atoms with Crippen LogP contribution in [0.15, 0.2) is 22.7 Å². The first-order valence-electron chi connectivity index (χ1n) is 4.68. The zero-order valence-corrected chi connectivity index (χ0v) is 10.1. The Hall–Kier alpha value is -0.410. The van der Waals surface area contributed by atoms with Crippen LogP contribution in [-0.4, -0.2) is 25.5 Å². The first-order chi connectivity index (χ1) is 6.59. The summed E-state index contributed by atoms with van der Waals surface area (Å²) < 4.78 is 14.2. The van der Waals surface area contributed by atoms with Crippen LogP contribution >= 0.6 is 15.9 Å². The number of halogens is 2. The quantitative estimate of drug-likeness (QED) is 0.804. The van der Waals surface area contributed by atoms with Crippen molar-refractivity contribution < 1.29 is 4.39 Å². The Labute approximate surface area is 93.0 Å². The molecule has 0 aliphatic heterocycles. The molecular formula is C11H15BrFN. The first kappa shape index (κ1) is 11.7. The molecule has 0 amide bonds. The van der Waals surface area contributed by atoms with Crippen molar-refractivity contribution in [3.8, 4) is 0 Å². The SMILES string of the molecule is CN(C)CCCc1cc(Br)ccc1F. The third-order valence-electron chi connectivity index (χ3n) is 2.06. The smallest absolute Gasteiger partial charge is 0.126 e. The number of benzene rings is 1. The summed E-state index contributed by atoms with van der Waals surface area (Å²) in [6.45, 7) is 0.992. The van der Waals surface area contributed by atoms with Gasteiger partial charge < -0.3 is 4.90 Å². The van der Waals surface area contributed by atoms with Gasteiger partial charge in [0, 0.05) is 4.47 Å². The average Bonchev–Trinajstić information content (AvgIpc) is 2.10. The van der Waals surface area contributed by atoms with E-state index in [1.165, 1.54) is 6.07 Å². The van der Waals surface area contributed by atoms with E-state index in [-0.39, 0.29) is 5.82 Å². The summed E-state index contributed by atoms with van der Waals surface area (Å²) in [6.07, 6.45) is 1.78. The highest BCUT2D eigenvalue weighted by Crippen LogP contribution is 2.16. The highest BCUT2D eigenvalue weighted by molar-refractivity contribution is 9.10. The molecule has 0 aliphatic carbocycles. The number of hydrogen-bond acceptors (Lipinski definition) is 1. The van der Waals surface area contributed by atoms with Gasteiger partial charge in [0.2, 0.25) is 0 Å². The van der Waals surface area contributed by atoms with Crippen molar-refractivity contribution in [1.29, 1.82) is 0 Å². The monoisotopic (exact) mass is 259 g/mol. The van der Waals surface area contributed by atoms with Gasteiger partial charge in [0.15, 0.2) is 0 Å². The molecule has 0 N–H and O–H groups in total. The van der Waals surface area contributed by atoms with Crippen LogP contribution < -0.4 is 0 Å². The van der Waals surface area contributed by atoms with E-state index in [1.54, 1.807) is 6.07 Å². The normalized spacial score (nSPS) is 10.9. The minimum atomic E-state index is -0.105. The van der Waals surface area contributed by atoms with E-state index in [0.717, 1.165) is 29.4 Å². The van der Waals surface area contributed by atoms with E-state index in [2.05, 4.69) is 20.8 Å². The summed E-state index contributed by atoms with van der Waals surface area (Å²) in [7, 11) is 4.05. The summed E-state index contributed by atoms with van der Waals surface area (Å²) in [5, 5.41) is 0. The Morgan fingerprint density at radius 1 is 1.36 bits per heavy atom. The van der Waals surface area contributed by atoms with Crippen molar-refractivity contribution >= 4 is 15.9 Å². The maximum Gasteiger partial charge on any atom is 0.126 e. The Bertz CT molecular complexity index is 299. The standard InChI is InChI=1S/C11H15BrFN/c1-14(2)7-3-4-9-8-10(12)5-6-11(9)13/h5-6,8H,3-4,7H2,1-2H3. The van der Waals surface area contributed by atoms with Gasteiger partial charge in [0.05, 0.1) is 0 Å². The van der Waals surface area contributed by atoms with Gasteiger partial charge in [-0.25, -0.2) is 4.39 Å². The fourth-order valence-electron chi connectivity index (χ4n) is 1.32. The Balaban J connectivity index is 2.53. The molecule has 0 spiro atoms. The molecular weight excluding hydrogens is 245 g/mol. The Morgan fingerprint density at radius 3 is 2.71 bits per heavy atom. The molecule has 0 aromatic heterocycles. The Morgan fingerprint density at radius 2 is 2.07 bits per heavy atom. The van der Waals surface area contributed by atoms with Crippen LogP contribution in [0.1, 0.15) is 12.0 Å². The molecule has 1 aromatic rings. The third kappa shape index (κ3) is 3.76. The zero-order valence-electron chi connectivity index (χ0n) is 8.56. The maximum atomic E-state index is 13.3. The lowest BCUT2D eigenvalue weighted by Crippen LogP contribution is -2.13. The predicted octanol–water partition coefficient (Wildman–Crippen LogP) is 3.08. The molecule has 3 heteroatoms. The van der Waals surface area contributed by atoms with Gasteiger partial charge in [-0.1, -0.05) is 15.9 Å². The molecule has 0 heterocycles. The number of nitrogens with zero attached hydrogens (tertiary/aromatic N) is 1. The molecule has 0 fully saturated rings. The first-order valence-corrected chi connectivity index (χ1v) is 5.47. The second-order valence-electron chi connectivity index (χ2n) is 3.64. The molecule has 1 aromatic carbocycles. The molecule has 0 atom stereocenters. The summed E-state index contributed by atoms with van der Waals surface area (Å²) in [5.41, 5.74) is 0.793. The van der Waals surface area contributed by atoms with Crippen LogP contribution in [0.3, 0.4) is 0 Å². The second kappa shape index (κ2) is 5.47. The lowest BCUT2D eigenvalue weighted by Gasteiger charge is -2.09. The number of aryl methyl sites for hydroxylation is 1. The molecule has 0 aliphatic rings. The topological polar surface area (TPSA) is 3.24 Å². The third-order valence-corrected chi connectivity index (χ3v) is 2.55. The molecule has 14 heavy (non-hydrogen) atoms. The second-order valence-corrected chi connectivity index (χ2v) is 4.56. The molecule has 0 radical (unpaired) electrons. The lowest BCUT2D eigenvalue weighted by molar-refractivity contribution is 0.399. The lowest BCUT2D eigenvalue weighted by atomic mass is 10.1. The number of rotatable bonds is 4. The summed E-state index contributed by atoms with van der Waals surface area (Å²) in [4.78, 5) is 2.11. The van der Waals surface area contributed by atoms with Crippen LogP contribution in [0.2, 0.25) is 0 Å². The highest BCUT2D eigenvalue weighted by atomic mass is 79.9. The van der Waals surface area contributed by atoms with E-state index >= 15 is 0 Å². The van der Waals surface area contributed by atoms with Crippen LogP contribution in [0.5, 0.6) is 0 Å². The molecule has 0 saturated carbocycles. The van der Waals surface area contributed by atoms with Gasteiger partial charge in [-0.2, -0.15) is 0 Å². The minimum absolute atomic E-state index is 0.105. The van der Waals surface area contributed by atoms with E-state index in [9.17, 15) is 4.39 Å². The van der Waals surface area contributed by atoms with Crippen molar-refractivity contribution in [2.75, 3.05) is 20.6 Å². The summed E-state index contributed by atoms with van der Waals surface area (Å²) >= 11 is 3.34. The highest BCUT2D eigenvalue weighted by Gasteiger charge is 2.02. The van der Waals surface area contributed by atoms with Crippen molar-refractivity contribution in [2.45, 2.75) is 12.8 Å². The van der Waals surface area contributed by atoms with Gasteiger partial charge in [0.1, 0.15) is 5.82 Å². The molecule has 0 bridgehead atoms. The van der Waals surface area contributed by atoms with Gasteiger partial charge in [-0.15, -0.1) is 0 Å². The van der Waals surface area contributed by atoms with Gasteiger partial charge in [0.25, 0.3) is 0 Å². The van der Waals surface area contributed by atoms with Crippen molar-refractivity contribution in [2.24, 2.45) is 0 Å². The van der Waals surface area contributed by atoms with E-state index in [1.807, 2.05) is 20.2 Å². The zero-order chi connectivity index (χ0) is 10.6. The maximum absolute atomic E-state index is 13.3. The van der Waals surface area contributed by atoms with Crippen LogP contribution in [0.25, 0.3) is 0 Å². The average molecular weight is 260 g/mol. The van der Waals surface area contributed by atoms with E-state index < -0.39 is 0 Å². The van der Waals surface area contributed by atoms with Crippen LogP contribution in [-0.2, 0) is 6.42 Å². The van der Waals surface area contributed by atoms with Crippen LogP contribution in [0.4, 0.5) is 4.39 Å².